The van der Waals surface area contributed by atoms with E-state index >= 15 is 0 Å². The zero-order chi connectivity index (χ0) is 41.2. The minimum atomic E-state index is -5.18. The van der Waals surface area contributed by atoms with Crippen LogP contribution in [0.2, 0.25) is 0 Å². The number of fused-ring (bicyclic) bond motifs is 1. The molecule has 0 amide bonds. The molecule has 0 bridgehead atoms. The number of anilines is 3. The lowest BCUT2D eigenvalue weighted by molar-refractivity contribution is -0.384. The van der Waals surface area contributed by atoms with Crippen LogP contribution in [0.15, 0.2) is 133 Å². The van der Waals surface area contributed by atoms with Crippen molar-refractivity contribution in [3.05, 3.63) is 129 Å². The van der Waals surface area contributed by atoms with Gasteiger partial charge in [0.15, 0.2) is 11.5 Å². The van der Waals surface area contributed by atoms with Crippen molar-refractivity contribution in [2.45, 2.75) is 4.90 Å². The zero-order valence-electron chi connectivity index (χ0n) is 28.5. The first kappa shape index (κ1) is 39.2. The van der Waals surface area contributed by atoms with E-state index in [0.29, 0.717) is 17.3 Å². The number of nitrogens with one attached hydrogen (secondary N) is 2. The molecule has 2 aliphatic carbocycles. The highest BCUT2D eigenvalue weighted by atomic mass is 32.2. The summed E-state index contributed by atoms with van der Waals surface area (Å²) in [5, 5.41) is 35.7. The van der Waals surface area contributed by atoms with Crippen LogP contribution in [-0.2, 0) is 29.8 Å². The van der Waals surface area contributed by atoms with Gasteiger partial charge in [-0.15, -0.1) is 5.11 Å². The van der Waals surface area contributed by atoms with Crippen molar-refractivity contribution in [1.29, 1.82) is 0 Å². The highest BCUT2D eigenvalue weighted by Crippen LogP contribution is 2.41. The number of non-ortho nitro benzene ring substituents is 1. The molecule has 0 spiro atoms. The fourth-order valence-electron chi connectivity index (χ4n) is 5.33. The highest BCUT2D eigenvalue weighted by molar-refractivity contribution is 7.91. The summed E-state index contributed by atoms with van der Waals surface area (Å²) >= 11 is 0. The summed E-state index contributed by atoms with van der Waals surface area (Å²) in [6.07, 6.45) is 4.35. The van der Waals surface area contributed by atoms with Gasteiger partial charge in [-0.2, -0.15) is 32.2 Å². The lowest BCUT2D eigenvalue weighted by Crippen LogP contribution is -2.28. The number of carbonyl (C=O) groups excluding carboxylic acids is 2. The third-order valence-electron chi connectivity index (χ3n) is 8.08. The molecule has 0 fully saturated rings. The second-order valence-electron chi connectivity index (χ2n) is 11.8. The van der Waals surface area contributed by atoms with Crippen LogP contribution in [0.1, 0.15) is 15.9 Å². The summed E-state index contributed by atoms with van der Waals surface area (Å²) in [7, 11) is -10.3. The number of nitrogen functional groups attached to an aromatic ring is 1. The van der Waals surface area contributed by atoms with E-state index in [1.54, 1.807) is 48.5 Å². The van der Waals surface area contributed by atoms with E-state index in [2.05, 4.69) is 31.3 Å². The van der Waals surface area contributed by atoms with Crippen molar-refractivity contribution in [2.24, 2.45) is 20.4 Å². The van der Waals surface area contributed by atoms with E-state index in [-0.39, 0.29) is 22.8 Å². The number of nitro groups is 1. The van der Waals surface area contributed by atoms with Crippen molar-refractivity contribution < 1.29 is 50.4 Å². The molecule has 2 aliphatic rings. The Bertz CT molecular complexity index is 2810. The first-order chi connectivity index (χ1) is 26.9. The van der Waals surface area contributed by atoms with Crippen LogP contribution in [0.4, 0.5) is 34.1 Å². The van der Waals surface area contributed by atoms with Crippen LogP contribution in [-0.4, -0.2) is 64.9 Å². The standard InChI is InChI=1S/C35H24N8O12S2/c36-31-30-20(15-28(56(50,51)52)32(31)41-38-23-9-12-25(13-10-23)43(48)49)16-29(57(53,54)55)33(34(30)45)42-39-22-7-3-19(4-8-22)18-1-5-21(6-2-18)37-40-24-11-14-27(44)26(17-24)35(46)47/h1-17,37,39H,36H2,(H,46,47)(H,50,51,52)(H,53,54,55)/b40-24-,41-38?,42-33+. The number of nitrogens with two attached hydrogens (primary N) is 1. The van der Waals surface area contributed by atoms with Crippen LogP contribution in [0.25, 0.3) is 17.2 Å². The summed E-state index contributed by atoms with van der Waals surface area (Å²) < 4.78 is 69.5. The number of allylic oxidation sites excluding steroid dienone is 4. The number of azo groups is 1. The number of nitrogens with zero attached hydrogens (tertiary/aromatic N) is 5. The van der Waals surface area contributed by atoms with E-state index in [4.69, 9.17) is 10.8 Å². The Balaban J connectivity index is 1.25. The number of carbonyl (C=O) groups is 3. The molecule has 7 N–H and O–H groups in total. The molecule has 20 nitrogen and oxygen atoms in total. The van der Waals surface area contributed by atoms with Crippen LogP contribution < -0.4 is 16.6 Å². The largest absolute Gasteiger partial charge is 0.478 e. The summed E-state index contributed by atoms with van der Waals surface area (Å²) in [5.41, 5.74) is 10.2. The first-order valence-corrected chi connectivity index (χ1v) is 18.7. The van der Waals surface area contributed by atoms with Crippen molar-refractivity contribution in [2.75, 3.05) is 16.6 Å². The smallest absolute Gasteiger partial charge is 0.339 e. The Hall–Kier alpha value is -7.53. The molecule has 0 saturated heterocycles. The molecule has 57 heavy (non-hydrogen) atoms. The summed E-state index contributed by atoms with van der Waals surface area (Å²) in [6, 6.07) is 18.6. The summed E-state index contributed by atoms with van der Waals surface area (Å²) in [5.74, 6) is -3.19. The molecule has 6 rings (SSSR count). The Labute approximate surface area is 320 Å². The molecule has 4 aromatic rings. The highest BCUT2D eigenvalue weighted by Gasteiger charge is 2.37. The summed E-state index contributed by atoms with van der Waals surface area (Å²) in [4.78, 5) is 45.0. The predicted octanol–water partition coefficient (Wildman–Crippen LogP) is 5.32. The fraction of sp³-hybridized carbons (Fsp3) is 0. The number of ketones is 2. The van der Waals surface area contributed by atoms with Crippen LogP contribution in [0.3, 0.4) is 0 Å². The van der Waals surface area contributed by atoms with Crippen LogP contribution in [0, 0.1) is 10.1 Å². The van der Waals surface area contributed by atoms with Gasteiger partial charge in [0.1, 0.15) is 21.1 Å². The van der Waals surface area contributed by atoms with Gasteiger partial charge < -0.3 is 10.8 Å². The molecule has 0 unspecified atom stereocenters. The monoisotopic (exact) mass is 812 g/mol. The number of benzene rings is 4. The lowest BCUT2D eigenvalue weighted by atomic mass is 9.92. The van der Waals surface area contributed by atoms with Gasteiger partial charge >= 0.3 is 5.97 Å². The summed E-state index contributed by atoms with van der Waals surface area (Å²) in [6.45, 7) is 0. The van der Waals surface area contributed by atoms with E-state index in [1.807, 2.05) is 0 Å². The average molecular weight is 813 g/mol. The normalized spacial score (nSPS) is 15.7. The number of aliphatic carboxylic acids is 1. The fourth-order valence-corrected chi connectivity index (χ4v) is 6.65. The second kappa shape index (κ2) is 15.3. The van der Waals surface area contributed by atoms with Gasteiger partial charge in [0.05, 0.1) is 38.9 Å². The molecular formula is C35H24N8O12S2. The number of carboxylic acid groups (broad SMARTS) is 1. The van der Waals surface area contributed by atoms with Crippen molar-refractivity contribution in [3.63, 3.8) is 0 Å². The third kappa shape index (κ3) is 8.58. The maximum Gasteiger partial charge on any atom is 0.339 e. The molecule has 0 radical (unpaired) electrons. The Morgan fingerprint density at radius 3 is 1.88 bits per heavy atom. The molecule has 0 aliphatic heterocycles. The number of hydrazone groups is 2. The number of nitro benzene ring substituents is 1. The molecule has 22 heteroatoms. The third-order valence-corrected chi connectivity index (χ3v) is 9.82. The van der Waals surface area contributed by atoms with E-state index in [0.717, 1.165) is 35.9 Å². The van der Waals surface area contributed by atoms with E-state index in [9.17, 15) is 50.4 Å². The number of hydrogen-bond donors (Lipinski definition) is 6. The van der Waals surface area contributed by atoms with E-state index < -0.39 is 86.3 Å². The van der Waals surface area contributed by atoms with Gasteiger partial charge in [-0.3, -0.25) is 39.7 Å². The number of hydrogen-bond acceptors (Lipinski definition) is 16. The minimum absolute atomic E-state index is 0.000514. The predicted molar refractivity (Wildman–Crippen MR) is 206 cm³/mol. The SMILES string of the molecule is Nc1c(N=Nc2ccc([N+](=O)[O-])cc2)c(S(=O)(=O)O)cc2c1C(=O)/C(=N/Nc1ccc(-c3ccc(N/N=C4/C=CC(=O)C(C(=O)O)=C4)cc3)cc1)C(S(=O)(=O)O)=C2. The zero-order valence-corrected chi connectivity index (χ0v) is 30.1. The Morgan fingerprint density at radius 1 is 0.772 bits per heavy atom. The second-order valence-corrected chi connectivity index (χ2v) is 14.6. The molecule has 0 atom stereocenters. The Kier molecular flexibility index (Phi) is 10.5. The van der Waals surface area contributed by atoms with Crippen molar-refractivity contribution >= 4 is 89.4 Å². The van der Waals surface area contributed by atoms with Gasteiger partial charge in [0.25, 0.3) is 25.9 Å². The number of rotatable bonds is 11. The van der Waals surface area contributed by atoms with Gasteiger partial charge in [-0.1, -0.05) is 24.3 Å². The molecule has 0 saturated carbocycles. The minimum Gasteiger partial charge on any atom is -0.478 e. The van der Waals surface area contributed by atoms with Gasteiger partial charge in [-0.25, -0.2) is 4.79 Å². The first-order valence-electron chi connectivity index (χ1n) is 15.8. The molecule has 4 aromatic carbocycles. The number of carboxylic acids is 1. The number of Topliss-reactive ketones (excluding diaryl/α,β-unsaturated/α-hetero) is 1. The van der Waals surface area contributed by atoms with Gasteiger partial charge in [-0.05, 0) is 83.5 Å². The van der Waals surface area contributed by atoms with E-state index in [1.165, 1.54) is 18.2 Å². The quantitative estimate of drug-likeness (QED) is 0.0212. The maximum atomic E-state index is 13.8. The Morgan fingerprint density at radius 2 is 1.35 bits per heavy atom. The topological polar surface area (TPSA) is 323 Å². The maximum absolute atomic E-state index is 13.8. The lowest BCUT2D eigenvalue weighted by Gasteiger charge is -2.20. The molecule has 0 aromatic heterocycles. The van der Waals surface area contributed by atoms with Crippen molar-refractivity contribution in [3.8, 4) is 11.1 Å². The molecule has 288 valence electrons. The average Bonchev–Trinajstić information content (AvgIpc) is 3.16. The van der Waals surface area contributed by atoms with Crippen LogP contribution in [0.5, 0.6) is 0 Å². The molecule has 0 heterocycles. The van der Waals surface area contributed by atoms with Gasteiger partial charge in [0.2, 0.25) is 5.78 Å². The molecular weight excluding hydrogens is 789 g/mol. The van der Waals surface area contributed by atoms with Crippen molar-refractivity contribution in [1.82, 2.24) is 0 Å². The van der Waals surface area contributed by atoms with Gasteiger partial charge in [0, 0.05) is 12.1 Å². The van der Waals surface area contributed by atoms with Crippen LogP contribution >= 0.6 is 0 Å².